The van der Waals surface area contributed by atoms with Crippen LogP contribution in [-0.4, -0.2) is 58.0 Å². The summed E-state index contributed by atoms with van der Waals surface area (Å²) in [5.74, 6) is -0.575. The maximum atomic E-state index is 14.7. The van der Waals surface area contributed by atoms with Gasteiger partial charge in [0.05, 0.1) is 16.3 Å². The average Bonchev–Trinajstić information content (AvgIpc) is 2.90. The summed E-state index contributed by atoms with van der Waals surface area (Å²) in [5, 5.41) is 7.27. The number of amides is 2. The number of fused-ring (bicyclic) bond motifs is 1. The average molecular weight is 495 g/mol. The molecule has 2 aromatic carbocycles. The quantitative estimate of drug-likeness (QED) is 0.502. The summed E-state index contributed by atoms with van der Waals surface area (Å²) in [5.41, 5.74) is -0.461. The van der Waals surface area contributed by atoms with Crippen molar-refractivity contribution in [2.24, 2.45) is 5.92 Å². The molecule has 9 heteroatoms. The molecule has 2 heterocycles. The Hall–Kier alpha value is -3.75. The van der Waals surface area contributed by atoms with Crippen LogP contribution in [0.1, 0.15) is 49.9 Å². The van der Waals surface area contributed by atoms with Crippen molar-refractivity contribution in [3.63, 3.8) is 0 Å². The number of carbonyl (C=O) groups is 2. The SMILES string of the molecule is CCCC(CCC)C(=O)N1CCN(C(=O)c2cc(Oc3n[nH]c(=O)c4ccccc34)ccc2F)CC1. The van der Waals surface area contributed by atoms with Gasteiger partial charge < -0.3 is 14.5 Å². The molecule has 1 fully saturated rings. The molecule has 1 aliphatic heterocycles. The van der Waals surface area contributed by atoms with Crippen LogP contribution in [0.25, 0.3) is 10.8 Å². The van der Waals surface area contributed by atoms with Crippen molar-refractivity contribution < 1.29 is 18.7 Å². The second-order valence-electron chi connectivity index (χ2n) is 9.04. The highest BCUT2D eigenvalue weighted by Gasteiger charge is 2.29. The number of nitrogens with zero attached hydrogens (tertiary/aromatic N) is 3. The van der Waals surface area contributed by atoms with Gasteiger partial charge in [0.15, 0.2) is 0 Å². The second-order valence-corrected chi connectivity index (χ2v) is 9.04. The van der Waals surface area contributed by atoms with Crippen molar-refractivity contribution in [3.05, 3.63) is 64.2 Å². The van der Waals surface area contributed by atoms with Crippen molar-refractivity contribution in [3.8, 4) is 11.6 Å². The highest BCUT2D eigenvalue weighted by molar-refractivity contribution is 5.95. The third-order valence-corrected chi connectivity index (χ3v) is 6.55. The lowest BCUT2D eigenvalue weighted by atomic mass is 9.96. The summed E-state index contributed by atoms with van der Waals surface area (Å²) in [4.78, 5) is 41.5. The van der Waals surface area contributed by atoms with Gasteiger partial charge in [-0.25, -0.2) is 9.49 Å². The van der Waals surface area contributed by atoms with Crippen molar-refractivity contribution in [1.29, 1.82) is 0 Å². The first-order chi connectivity index (χ1) is 17.4. The van der Waals surface area contributed by atoms with Crippen LogP contribution < -0.4 is 10.3 Å². The number of ether oxygens (including phenoxy) is 1. The lowest BCUT2D eigenvalue weighted by molar-refractivity contribution is -0.137. The number of hydrogen-bond acceptors (Lipinski definition) is 5. The van der Waals surface area contributed by atoms with Gasteiger partial charge in [-0.15, -0.1) is 5.10 Å². The molecule has 0 atom stereocenters. The summed E-state index contributed by atoms with van der Waals surface area (Å²) in [6.45, 7) is 5.70. The molecule has 1 saturated heterocycles. The third-order valence-electron chi connectivity index (χ3n) is 6.55. The van der Waals surface area contributed by atoms with E-state index in [1.165, 1.54) is 18.2 Å². The number of nitrogens with one attached hydrogen (secondary N) is 1. The molecule has 0 saturated carbocycles. The van der Waals surface area contributed by atoms with Crippen LogP contribution in [0.4, 0.5) is 4.39 Å². The zero-order valence-electron chi connectivity index (χ0n) is 20.6. The Bertz CT molecular complexity index is 1290. The normalized spacial score (nSPS) is 13.9. The highest BCUT2D eigenvalue weighted by Crippen LogP contribution is 2.27. The largest absolute Gasteiger partial charge is 0.437 e. The first-order valence-electron chi connectivity index (χ1n) is 12.5. The number of aromatic amines is 1. The molecule has 36 heavy (non-hydrogen) atoms. The lowest BCUT2D eigenvalue weighted by Crippen LogP contribution is -2.52. The number of benzene rings is 2. The summed E-state index contributed by atoms with van der Waals surface area (Å²) in [6.07, 6.45) is 3.64. The van der Waals surface area contributed by atoms with Gasteiger partial charge >= 0.3 is 0 Å². The summed E-state index contributed by atoms with van der Waals surface area (Å²) < 4.78 is 20.5. The Morgan fingerprint density at radius 3 is 2.31 bits per heavy atom. The number of hydrogen-bond donors (Lipinski definition) is 1. The van der Waals surface area contributed by atoms with Gasteiger partial charge in [-0.05, 0) is 43.2 Å². The summed E-state index contributed by atoms with van der Waals surface area (Å²) >= 11 is 0. The molecule has 0 unspecified atom stereocenters. The van der Waals surface area contributed by atoms with E-state index >= 15 is 0 Å². The minimum absolute atomic E-state index is 0.0196. The smallest absolute Gasteiger partial charge is 0.272 e. The van der Waals surface area contributed by atoms with Crippen molar-refractivity contribution >= 4 is 22.6 Å². The molecule has 190 valence electrons. The molecule has 1 aromatic heterocycles. The van der Waals surface area contributed by atoms with Crippen molar-refractivity contribution in [2.75, 3.05) is 26.2 Å². The number of rotatable bonds is 8. The van der Waals surface area contributed by atoms with E-state index in [-0.39, 0.29) is 34.6 Å². The standard InChI is InChI=1S/C27H31FN4O4/c1-3-7-18(8-4-2)26(34)31-13-15-32(16-14-31)27(35)22-17-19(11-12-23(22)28)36-25-21-10-6-5-9-20(21)24(33)29-30-25/h5-6,9-12,17-18H,3-4,7-8,13-16H2,1-2H3,(H,29,33). The molecule has 0 spiro atoms. The Balaban J connectivity index is 1.47. The van der Waals surface area contributed by atoms with Gasteiger partial charge in [0.2, 0.25) is 11.8 Å². The number of H-pyrrole nitrogens is 1. The topological polar surface area (TPSA) is 95.6 Å². The fourth-order valence-electron chi connectivity index (χ4n) is 4.66. The van der Waals surface area contributed by atoms with E-state index in [4.69, 9.17) is 4.74 Å². The van der Waals surface area contributed by atoms with Crippen LogP contribution in [0.2, 0.25) is 0 Å². The molecule has 1 N–H and O–H groups in total. The van der Waals surface area contributed by atoms with Crippen LogP contribution >= 0.6 is 0 Å². The van der Waals surface area contributed by atoms with Gasteiger partial charge in [-0.3, -0.25) is 14.4 Å². The van der Waals surface area contributed by atoms with E-state index in [2.05, 4.69) is 24.0 Å². The molecule has 1 aliphatic rings. The van der Waals surface area contributed by atoms with Crippen molar-refractivity contribution in [2.45, 2.75) is 39.5 Å². The van der Waals surface area contributed by atoms with Gasteiger partial charge in [-0.1, -0.05) is 38.8 Å². The molecular weight excluding hydrogens is 463 g/mol. The van der Waals surface area contributed by atoms with E-state index in [1.54, 1.807) is 29.2 Å². The maximum absolute atomic E-state index is 14.7. The van der Waals surface area contributed by atoms with E-state index in [0.29, 0.717) is 37.0 Å². The fourth-order valence-corrected chi connectivity index (χ4v) is 4.66. The van der Waals surface area contributed by atoms with Crippen LogP contribution in [-0.2, 0) is 4.79 Å². The molecule has 0 radical (unpaired) electrons. The molecule has 0 aliphatic carbocycles. The zero-order valence-corrected chi connectivity index (χ0v) is 20.6. The van der Waals surface area contributed by atoms with Crippen LogP contribution in [0.3, 0.4) is 0 Å². The van der Waals surface area contributed by atoms with E-state index in [9.17, 15) is 18.8 Å². The van der Waals surface area contributed by atoms with Crippen molar-refractivity contribution in [1.82, 2.24) is 20.0 Å². The highest BCUT2D eigenvalue weighted by atomic mass is 19.1. The lowest BCUT2D eigenvalue weighted by Gasteiger charge is -2.36. The van der Waals surface area contributed by atoms with Crippen LogP contribution in [0.5, 0.6) is 11.6 Å². The van der Waals surface area contributed by atoms with Gasteiger partial charge in [0.25, 0.3) is 11.5 Å². The molecule has 8 nitrogen and oxygen atoms in total. The predicted octanol–water partition coefficient (Wildman–Crippen LogP) is 4.36. The molecule has 0 bridgehead atoms. The first kappa shape index (κ1) is 25.3. The summed E-state index contributed by atoms with van der Waals surface area (Å²) in [7, 11) is 0. The minimum Gasteiger partial charge on any atom is -0.437 e. The number of carbonyl (C=O) groups excluding carboxylic acids is 2. The number of piperazine rings is 1. The fraction of sp³-hybridized carbons (Fsp3) is 0.407. The maximum Gasteiger partial charge on any atom is 0.272 e. The third kappa shape index (κ3) is 5.40. The Labute approximate surface area is 209 Å². The first-order valence-corrected chi connectivity index (χ1v) is 12.5. The Kier molecular flexibility index (Phi) is 7.97. The van der Waals surface area contributed by atoms with Gasteiger partial charge in [0, 0.05) is 32.1 Å². The zero-order chi connectivity index (χ0) is 25.7. The molecule has 2 amide bonds. The van der Waals surface area contributed by atoms with E-state index < -0.39 is 11.7 Å². The molecular formula is C27H31FN4O4. The molecule has 4 rings (SSSR count). The molecule has 3 aromatic rings. The minimum atomic E-state index is -0.656. The number of aromatic nitrogens is 2. The van der Waals surface area contributed by atoms with Gasteiger partial charge in [-0.2, -0.15) is 0 Å². The monoisotopic (exact) mass is 494 g/mol. The van der Waals surface area contributed by atoms with Gasteiger partial charge in [0.1, 0.15) is 11.6 Å². The Morgan fingerprint density at radius 1 is 1.00 bits per heavy atom. The number of halogens is 1. The second kappa shape index (κ2) is 11.3. The van der Waals surface area contributed by atoms with E-state index in [1.807, 2.05) is 4.90 Å². The van der Waals surface area contributed by atoms with Crippen LogP contribution in [0, 0.1) is 11.7 Å². The summed E-state index contributed by atoms with van der Waals surface area (Å²) in [6, 6.07) is 10.8. The predicted molar refractivity (Wildman–Crippen MR) is 135 cm³/mol. The Morgan fingerprint density at radius 2 is 1.64 bits per heavy atom. The van der Waals surface area contributed by atoms with E-state index in [0.717, 1.165) is 25.7 Å². The van der Waals surface area contributed by atoms with Crippen LogP contribution in [0.15, 0.2) is 47.3 Å².